The minimum atomic E-state index is -0.274. The highest BCUT2D eigenvalue weighted by Gasteiger charge is 2.52. The maximum atomic E-state index is 12.4. The summed E-state index contributed by atoms with van der Waals surface area (Å²) in [5.74, 6) is -0.186. The molecule has 0 unspecified atom stereocenters. The van der Waals surface area contributed by atoms with Gasteiger partial charge in [0.15, 0.2) is 0 Å². The lowest BCUT2D eigenvalue weighted by Crippen LogP contribution is -2.50. The van der Waals surface area contributed by atoms with Crippen molar-refractivity contribution in [2.75, 3.05) is 6.54 Å². The van der Waals surface area contributed by atoms with E-state index in [1.54, 1.807) is 0 Å². The molecule has 0 aromatic heterocycles. The lowest BCUT2D eigenvalue weighted by atomic mass is 9.87. The van der Waals surface area contributed by atoms with E-state index >= 15 is 0 Å². The fourth-order valence-electron chi connectivity index (χ4n) is 3.52. The van der Waals surface area contributed by atoms with E-state index in [1.807, 2.05) is 60.7 Å². The van der Waals surface area contributed by atoms with E-state index in [0.717, 1.165) is 36.1 Å². The summed E-state index contributed by atoms with van der Waals surface area (Å²) in [4.78, 5) is 18.0. The average molecular weight is 364 g/mol. The minimum absolute atomic E-state index is 0.0123. The SMILES string of the molecule is O=C(OCc1ccccc1)[C@@H]1CC2(CC2)C(=NOCc2ccccc2)CN1. The molecule has 0 radical (unpaired) electrons. The van der Waals surface area contributed by atoms with Crippen LogP contribution < -0.4 is 5.32 Å². The number of hydrogen-bond acceptors (Lipinski definition) is 5. The molecule has 1 atom stereocenters. The fourth-order valence-corrected chi connectivity index (χ4v) is 3.52. The molecule has 1 aliphatic carbocycles. The van der Waals surface area contributed by atoms with Crippen LogP contribution in [0.5, 0.6) is 0 Å². The van der Waals surface area contributed by atoms with Gasteiger partial charge < -0.3 is 9.57 Å². The number of carbonyl (C=O) groups is 1. The van der Waals surface area contributed by atoms with Gasteiger partial charge in [0, 0.05) is 12.0 Å². The molecule has 0 bridgehead atoms. The van der Waals surface area contributed by atoms with E-state index in [9.17, 15) is 4.79 Å². The first-order valence-corrected chi connectivity index (χ1v) is 9.42. The van der Waals surface area contributed by atoms with Crippen molar-refractivity contribution < 1.29 is 14.4 Å². The number of carbonyl (C=O) groups excluding carboxylic acids is 1. The zero-order valence-electron chi connectivity index (χ0n) is 15.3. The Hall–Kier alpha value is -2.66. The van der Waals surface area contributed by atoms with Crippen LogP contribution in [0.3, 0.4) is 0 Å². The summed E-state index contributed by atoms with van der Waals surface area (Å²) in [7, 11) is 0. The first-order chi connectivity index (χ1) is 13.3. The summed E-state index contributed by atoms with van der Waals surface area (Å²) in [6.45, 7) is 1.34. The van der Waals surface area contributed by atoms with Gasteiger partial charge in [0.2, 0.25) is 0 Å². The summed E-state index contributed by atoms with van der Waals surface area (Å²) in [5.41, 5.74) is 3.13. The van der Waals surface area contributed by atoms with E-state index < -0.39 is 0 Å². The normalized spacial score (nSPS) is 21.8. The van der Waals surface area contributed by atoms with Crippen molar-refractivity contribution in [3.63, 3.8) is 0 Å². The number of nitrogens with zero attached hydrogens (tertiary/aromatic N) is 1. The molecule has 140 valence electrons. The second kappa shape index (κ2) is 7.92. The van der Waals surface area contributed by atoms with Crippen molar-refractivity contribution in [3.8, 4) is 0 Å². The first kappa shape index (κ1) is 17.7. The number of oxime groups is 1. The van der Waals surface area contributed by atoms with Crippen molar-refractivity contribution >= 4 is 11.7 Å². The third kappa shape index (κ3) is 4.37. The van der Waals surface area contributed by atoms with Gasteiger partial charge in [-0.1, -0.05) is 65.8 Å². The molecule has 5 heteroatoms. The predicted octanol–water partition coefficient (Wildman–Crippen LogP) is 3.44. The van der Waals surface area contributed by atoms with Crippen molar-refractivity contribution in [2.24, 2.45) is 10.6 Å². The molecule has 1 N–H and O–H groups in total. The fraction of sp³-hybridized carbons (Fsp3) is 0.364. The van der Waals surface area contributed by atoms with Crippen LogP contribution in [0.2, 0.25) is 0 Å². The molecule has 1 saturated carbocycles. The Bertz CT molecular complexity index is 801. The molecular formula is C22H24N2O3. The topological polar surface area (TPSA) is 59.9 Å². The van der Waals surface area contributed by atoms with Gasteiger partial charge in [-0.05, 0) is 30.4 Å². The summed E-state index contributed by atoms with van der Waals surface area (Å²) in [5, 5.41) is 7.65. The number of piperidine rings is 1. The Morgan fingerprint density at radius 2 is 1.63 bits per heavy atom. The van der Waals surface area contributed by atoms with Gasteiger partial charge in [0.25, 0.3) is 0 Å². The second-order valence-electron chi connectivity index (χ2n) is 7.31. The van der Waals surface area contributed by atoms with Gasteiger partial charge in [-0.25, -0.2) is 0 Å². The quantitative estimate of drug-likeness (QED) is 0.630. The highest BCUT2D eigenvalue weighted by molar-refractivity contribution is 5.96. The molecule has 4 rings (SSSR count). The molecular weight excluding hydrogens is 340 g/mol. The summed E-state index contributed by atoms with van der Waals surface area (Å²) in [6, 6.07) is 19.5. The van der Waals surface area contributed by atoms with Gasteiger partial charge in [0.1, 0.15) is 19.3 Å². The molecule has 2 aromatic carbocycles. The average Bonchev–Trinajstić information content (AvgIpc) is 3.49. The minimum Gasteiger partial charge on any atom is -0.460 e. The molecule has 2 aromatic rings. The Balaban J connectivity index is 1.30. The van der Waals surface area contributed by atoms with Crippen LogP contribution in [-0.2, 0) is 27.6 Å². The molecule has 2 fully saturated rings. The number of esters is 1. The molecule has 0 amide bonds. The van der Waals surface area contributed by atoms with Gasteiger partial charge >= 0.3 is 5.97 Å². The highest BCUT2D eigenvalue weighted by atomic mass is 16.6. The maximum absolute atomic E-state index is 12.4. The molecule has 1 spiro atoms. The van der Waals surface area contributed by atoms with E-state index in [2.05, 4.69) is 10.5 Å². The van der Waals surface area contributed by atoms with Crippen molar-refractivity contribution in [1.29, 1.82) is 0 Å². The third-order valence-corrected chi connectivity index (χ3v) is 5.33. The summed E-state index contributed by atoms with van der Waals surface area (Å²) < 4.78 is 5.49. The molecule has 1 aliphatic heterocycles. The molecule has 2 aliphatic rings. The van der Waals surface area contributed by atoms with Crippen LogP contribution >= 0.6 is 0 Å². The van der Waals surface area contributed by atoms with Crippen LogP contribution in [0.4, 0.5) is 0 Å². The number of hydrogen-bond donors (Lipinski definition) is 1. The van der Waals surface area contributed by atoms with E-state index in [1.165, 1.54) is 0 Å². The number of ether oxygens (including phenoxy) is 1. The van der Waals surface area contributed by atoms with E-state index in [4.69, 9.17) is 9.57 Å². The van der Waals surface area contributed by atoms with E-state index in [-0.39, 0.29) is 17.4 Å². The van der Waals surface area contributed by atoms with Crippen LogP contribution in [-0.4, -0.2) is 24.3 Å². The standard InChI is InChI=1S/C22H24N2O3/c25-21(26-15-17-7-3-1-4-8-17)19-13-22(11-12-22)20(14-23-19)24-27-16-18-9-5-2-6-10-18/h1-10,19,23H,11-16H2/t19-/m0/s1. The monoisotopic (exact) mass is 364 g/mol. The first-order valence-electron chi connectivity index (χ1n) is 9.42. The molecule has 27 heavy (non-hydrogen) atoms. The van der Waals surface area contributed by atoms with Crippen molar-refractivity contribution in [2.45, 2.75) is 38.5 Å². The maximum Gasteiger partial charge on any atom is 0.323 e. The Morgan fingerprint density at radius 1 is 1.00 bits per heavy atom. The van der Waals surface area contributed by atoms with Gasteiger partial charge in [0.05, 0.1) is 5.71 Å². The van der Waals surface area contributed by atoms with Crippen LogP contribution in [0.1, 0.15) is 30.4 Å². The number of benzene rings is 2. The van der Waals surface area contributed by atoms with Crippen molar-refractivity contribution in [1.82, 2.24) is 5.32 Å². The lowest BCUT2D eigenvalue weighted by molar-refractivity contribution is -0.148. The van der Waals surface area contributed by atoms with Crippen LogP contribution in [0, 0.1) is 5.41 Å². The Kier molecular flexibility index (Phi) is 5.21. The van der Waals surface area contributed by atoms with Crippen LogP contribution in [0.15, 0.2) is 65.8 Å². The molecule has 5 nitrogen and oxygen atoms in total. The lowest BCUT2D eigenvalue weighted by Gasteiger charge is -2.30. The van der Waals surface area contributed by atoms with Gasteiger partial charge in [-0.15, -0.1) is 0 Å². The van der Waals surface area contributed by atoms with Crippen molar-refractivity contribution in [3.05, 3.63) is 71.8 Å². The zero-order valence-corrected chi connectivity index (χ0v) is 15.3. The van der Waals surface area contributed by atoms with Gasteiger partial charge in [-0.2, -0.15) is 0 Å². The smallest absolute Gasteiger partial charge is 0.323 e. The number of rotatable bonds is 6. The predicted molar refractivity (Wildman–Crippen MR) is 103 cm³/mol. The second-order valence-corrected chi connectivity index (χ2v) is 7.31. The molecule has 1 heterocycles. The molecule has 1 saturated heterocycles. The third-order valence-electron chi connectivity index (χ3n) is 5.33. The number of nitrogens with one attached hydrogen (secondary N) is 1. The van der Waals surface area contributed by atoms with Crippen LogP contribution in [0.25, 0.3) is 0 Å². The van der Waals surface area contributed by atoms with Gasteiger partial charge in [-0.3, -0.25) is 10.1 Å². The largest absolute Gasteiger partial charge is 0.460 e. The van der Waals surface area contributed by atoms with E-state index in [0.29, 0.717) is 19.8 Å². The Labute approximate surface area is 159 Å². The highest BCUT2D eigenvalue weighted by Crippen LogP contribution is 2.52. The zero-order chi connectivity index (χ0) is 18.5. The Morgan fingerprint density at radius 3 is 2.26 bits per heavy atom. The summed E-state index contributed by atoms with van der Waals surface area (Å²) in [6.07, 6.45) is 2.85. The summed E-state index contributed by atoms with van der Waals surface area (Å²) >= 11 is 0.